The first-order valence-electron chi connectivity index (χ1n) is 11.5. The van der Waals surface area contributed by atoms with Crippen LogP contribution < -0.4 is 14.2 Å². The van der Waals surface area contributed by atoms with Gasteiger partial charge >= 0.3 is 0 Å². The zero-order valence-electron chi connectivity index (χ0n) is 19.7. The van der Waals surface area contributed by atoms with Gasteiger partial charge in [0, 0.05) is 18.7 Å². The maximum absolute atomic E-state index is 13.2. The van der Waals surface area contributed by atoms with E-state index in [2.05, 4.69) is 0 Å². The fourth-order valence-electron chi connectivity index (χ4n) is 4.08. The Morgan fingerprint density at radius 1 is 1.09 bits per heavy atom. The van der Waals surface area contributed by atoms with Gasteiger partial charge in [-0.1, -0.05) is 19.1 Å². The third kappa shape index (κ3) is 4.72. The largest absolute Gasteiger partial charge is 0.507 e. The number of hydrogen-bond donors (Lipinski definition) is 1. The van der Waals surface area contributed by atoms with E-state index in [9.17, 15) is 14.7 Å². The summed E-state index contributed by atoms with van der Waals surface area (Å²) in [4.78, 5) is 29.6. The Morgan fingerprint density at radius 3 is 2.47 bits per heavy atom. The number of likely N-dealkylation sites (N-methyl/N-ethyl adjacent to an activating group) is 1. The molecule has 180 valence electrons. The van der Waals surface area contributed by atoms with Gasteiger partial charge in [-0.05, 0) is 56.4 Å². The number of carbonyl (C=O) groups is 2. The topological polar surface area (TPSA) is 88.5 Å². The first-order chi connectivity index (χ1) is 16.4. The lowest BCUT2D eigenvalue weighted by atomic mass is 9.95. The Kier molecular flexibility index (Phi) is 7.07. The molecule has 0 spiro atoms. The van der Waals surface area contributed by atoms with Gasteiger partial charge in [0.25, 0.3) is 11.7 Å². The Morgan fingerprint density at radius 2 is 1.79 bits per heavy atom. The van der Waals surface area contributed by atoms with Crippen molar-refractivity contribution in [2.24, 2.45) is 0 Å². The smallest absolute Gasteiger partial charge is 0.295 e. The minimum absolute atomic E-state index is 0.0580. The maximum atomic E-state index is 13.2. The van der Waals surface area contributed by atoms with Crippen LogP contribution in [-0.4, -0.2) is 73.6 Å². The predicted molar refractivity (Wildman–Crippen MR) is 127 cm³/mol. The van der Waals surface area contributed by atoms with Crippen LogP contribution in [0.3, 0.4) is 0 Å². The van der Waals surface area contributed by atoms with E-state index in [4.69, 9.17) is 14.2 Å². The van der Waals surface area contributed by atoms with Crippen molar-refractivity contribution in [2.45, 2.75) is 19.4 Å². The first kappa shape index (κ1) is 23.6. The molecule has 0 bridgehead atoms. The van der Waals surface area contributed by atoms with Crippen LogP contribution in [0.25, 0.3) is 5.76 Å². The number of nitrogens with zero attached hydrogens (tertiary/aromatic N) is 2. The monoisotopic (exact) mass is 466 g/mol. The van der Waals surface area contributed by atoms with Crippen molar-refractivity contribution in [3.8, 4) is 17.2 Å². The molecule has 0 aliphatic carbocycles. The second-order valence-corrected chi connectivity index (χ2v) is 8.57. The third-order valence-corrected chi connectivity index (χ3v) is 5.81. The first-order valence-corrected chi connectivity index (χ1v) is 11.5. The summed E-state index contributed by atoms with van der Waals surface area (Å²) in [6.07, 6.45) is 0.891. The lowest BCUT2D eigenvalue weighted by molar-refractivity contribution is -0.140. The van der Waals surface area contributed by atoms with Gasteiger partial charge in [0.1, 0.15) is 24.7 Å². The van der Waals surface area contributed by atoms with E-state index >= 15 is 0 Å². The van der Waals surface area contributed by atoms with Gasteiger partial charge < -0.3 is 29.1 Å². The predicted octanol–water partition coefficient (Wildman–Crippen LogP) is 3.23. The lowest BCUT2D eigenvalue weighted by Crippen LogP contribution is -2.35. The third-order valence-electron chi connectivity index (χ3n) is 5.81. The van der Waals surface area contributed by atoms with Gasteiger partial charge in [-0.25, -0.2) is 0 Å². The van der Waals surface area contributed by atoms with Gasteiger partial charge in [0.2, 0.25) is 0 Å². The molecule has 0 aromatic heterocycles. The van der Waals surface area contributed by atoms with Gasteiger partial charge in [0.15, 0.2) is 11.5 Å². The van der Waals surface area contributed by atoms with E-state index in [1.807, 2.05) is 50.2 Å². The molecule has 0 unspecified atom stereocenters. The van der Waals surface area contributed by atoms with Crippen molar-refractivity contribution in [3.05, 3.63) is 59.2 Å². The molecule has 1 atom stereocenters. The van der Waals surface area contributed by atoms with Crippen molar-refractivity contribution in [1.82, 2.24) is 9.80 Å². The Hall–Kier alpha value is -3.52. The summed E-state index contributed by atoms with van der Waals surface area (Å²) >= 11 is 0. The Balaban J connectivity index is 1.76. The van der Waals surface area contributed by atoms with Crippen LogP contribution in [-0.2, 0) is 9.59 Å². The van der Waals surface area contributed by atoms with Crippen molar-refractivity contribution in [2.75, 3.05) is 47.0 Å². The molecule has 4 rings (SSSR count). The van der Waals surface area contributed by atoms with Crippen molar-refractivity contribution in [1.29, 1.82) is 0 Å². The summed E-state index contributed by atoms with van der Waals surface area (Å²) in [5, 5.41) is 11.3. The number of Topliss-reactive ketones (excluding diaryl/α,β-unsaturated/α-hetero) is 1. The number of rotatable bonds is 8. The molecule has 2 aromatic rings. The number of amides is 1. The number of fused-ring (bicyclic) bond motifs is 1. The minimum atomic E-state index is -0.714. The van der Waals surface area contributed by atoms with E-state index in [-0.39, 0.29) is 11.3 Å². The quantitative estimate of drug-likeness (QED) is 0.363. The van der Waals surface area contributed by atoms with E-state index < -0.39 is 17.7 Å². The summed E-state index contributed by atoms with van der Waals surface area (Å²) < 4.78 is 16.9. The van der Waals surface area contributed by atoms with Crippen molar-refractivity contribution >= 4 is 17.4 Å². The second-order valence-electron chi connectivity index (χ2n) is 8.57. The molecule has 2 aliphatic heterocycles. The molecule has 2 aromatic carbocycles. The highest BCUT2D eigenvalue weighted by atomic mass is 16.6. The van der Waals surface area contributed by atoms with Crippen LogP contribution >= 0.6 is 0 Å². The number of likely N-dealkylation sites (tertiary alicyclic amines) is 1. The zero-order chi connectivity index (χ0) is 24.2. The standard InChI is InChI=1S/C26H30N2O6/c1-4-13-32-19-8-5-17(6-9-19)23-22(25(30)26(31)28(23)12-11-27(2)3)24(29)18-7-10-20-21(16-18)34-15-14-33-20/h5-10,16,23,29H,4,11-15H2,1-3H3/b24-22+/t23-/m0/s1. The molecule has 1 fully saturated rings. The van der Waals surface area contributed by atoms with E-state index in [0.29, 0.717) is 55.7 Å². The van der Waals surface area contributed by atoms with Gasteiger partial charge in [-0.2, -0.15) is 0 Å². The summed E-state index contributed by atoms with van der Waals surface area (Å²) in [5.41, 5.74) is 1.17. The minimum Gasteiger partial charge on any atom is -0.507 e. The van der Waals surface area contributed by atoms with Crippen LogP contribution in [0.5, 0.6) is 17.2 Å². The average Bonchev–Trinajstić information content (AvgIpc) is 3.10. The SMILES string of the molecule is CCCOc1ccc([C@H]2/C(=C(\O)c3ccc4c(c3)OCCO4)C(=O)C(=O)N2CCN(C)C)cc1. The molecule has 0 saturated carbocycles. The highest BCUT2D eigenvalue weighted by Gasteiger charge is 2.46. The second kappa shape index (κ2) is 10.2. The summed E-state index contributed by atoms with van der Waals surface area (Å²) in [5.74, 6) is 0.209. The maximum Gasteiger partial charge on any atom is 0.295 e. The highest BCUT2D eigenvalue weighted by Crippen LogP contribution is 2.41. The molecule has 0 radical (unpaired) electrons. The molecule has 34 heavy (non-hydrogen) atoms. The normalized spacial score (nSPS) is 19.1. The fourth-order valence-corrected chi connectivity index (χ4v) is 4.08. The van der Waals surface area contributed by atoms with E-state index in [0.717, 1.165) is 12.0 Å². The molecular formula is C26H30N2O6. The lowest BCUT2D eigenvalue weighted by Gasteiger charge is -2.27. The number of ether oxygens (including phenoxy) is 3. The average molecular weight is 467 g/mol. The molecule has 8 nitrogen and oxygen atoms in total. The molecule has 2 aliphatic rings. The van der Waals surface area contributed by atoms with Crippen LogP contribution in [0.15, 0.2) is 48.0 Å². The van der Waals surface area contributed by atoms with E-state index in [1.54, 1.807) is 18.2 Å². The molecular weight excluding hydrogens is 436 g/mol. The molecule has 8 heteroatoms. The summed E-state index contributed by atoms with van der Waals surface area (Å²) in [6, 6.07) is 11.6. The van der Waals surface area contributed by atoms with Crippen LogP contribution in [0.2, 0.25) is 0 Å². The zero-order valence-corrected chi connectivity index (χ0v) is 19.7. The van der Waals surface area contributed by atoms with Crippen molar-refractivity contribution in [3.63, 3.8) is 0 Å². The summed E-state index contributed by atoms with van der Waals surface area (Å²) in [6.45, 7) is 4.40. The highest BCUT2D eigenvalue weighted by molar-refractivity contribution is 6.46. The van der Waals surface area contributed by atoms with Gasteiger partial charge in [-0.15, -0.1) is 0 Å². The number of aliphatic hydroxyl groups excluding tert-OH is 1. The fraction of sp³-hybridized carbons (Fsp3) is 0.385. The number of carbonyl (C=O) groups excluding carboxylic acids is 2. The van der Waals surface area contributed by atoms with Crippen molar-refractivity contribution < 1.29 is 28.9 Å². The van der Waals surface area contributed by atoms with Crippen LogP contribution in [0.1, 0.15) is 30.5 Å². The van der Waals surface area contributed by atoms with Crippen LogP contribution in [0, 0.1) is 0 Å². The molecule has 1 N–H and O–H groups in total. The molecule has 1 saturated heterocycles. The summed E-state index contributed by atoms with van der Waals surface area (Å²) in [7, 11) is 3.81. The van der Waals surface area contributed by atoms with Crippen LogP contribution in [0.4, 0.5) is 0 Å². The number of hydrogen-bond acceptors (Lipinski definition) is 7. The Bertz CT molecular complexity index is 1090. The molecule has 1 amide bonds. The Labute approximate surface area is 199 Å². The van der Waals surface area contributed by atoms with Gasteiger partial charge in [-0.3, -0.25) is 9.59 Å². The van der Waals surface area contributed by atoms with E-state index in [1.165, 1.54) is 4.90 Å². The van der Waals surface area contributed by atoms with Gasteiger partial charge in [0.05, 0.1) is 18.2 Å². The number of benzene rings is 2. The molecule has 2 heterocycles. The number of ketones is 1. The number of aliphatic hydroxyl groups is 1.